The van der Waals surface area contributed by atoms with Gasteiger partial charge in [0.2, 0.25) is 0 Å². The van der Waals surface area contributed by atoms with Crippen LogP contribution in [0.1, 0.15) is 28.8 Å². The van der Waals surface area contributed by atoms with Gasteiger partial charge in [0.25, 0.3) is 0 Å². The molecule has 0 saturated carbocycles. The maximum Gasteiger partial charge on any atom is 0.337 e. The van der Waals surface area contributed by atoms with Gasteiger partial charge in [0, 0.05) is 6.54 Å². The molecular weight excluding hydrogens is 318 g/mol. The molecule has 1 heterocycles. The normalized spacial score (nSPS) is 17.0. The van der Waals surface area contributed by atoms with Crippen molar-refractivity contribution in [1.82, 2.24) is 5.32 Å². The molecule has 1 aromatic rings. The molecule has 0 amide bonds. The van der Waals surface area contributed by atoms with Crippen LogP contribution in [0.5, 0.6) is 0 Å². The molecule has 2 aliphatic rings. The van der Waals surface area contributed by atoms with E-state index in [4.69, 9.17) is 14.2 Å². The Morgan fingerprint density at radius 1 is 1.28 bits per heavy atom. The minimum absolute atomic E-state index is 0.0600. The first kappa shape index (κ1) is 17.0. The SMILES string of the molecule is COC(=O)c1ccc(CNC(C2=CC=CCC2)C2=COC=CO2)cc1. The van der Waals surface area contributed by atoms with Gasteiger partial charge in [-0.3, -0.25) is 5.32 Å². The van der Waals surface area contributed by atoms with Crippen molar-refractivity contribution >= 4 is 5.97 Å². The van der Waals surface area contributed by atoms with Crippen LogP contribution in [0.3, 0.4) is 0 Å². The molecule has 1 aliphatic heterocycles. The van der Waals surface area contributed by atoms with Crippen LogP contribution in [0.25, 0.3) is 0 Å². The number of rotatable bonds is 6. The smallest absolute Gasteiger partial charge is 0.337 e. The first-order chi connectivity index (χ1) is 12.3. The lowest BCUT2D eigenvalue weighted by molar-refractivity contribution is 0.0600. The number of carbonyl (C=O) groups excluding carboxylic acids is 1. The summed E-state index contributed by atoms with van der Waals surface area (Å²) < 4.78 is 15.6. The van der Waals surface area contributed by atoms with Crippen molar-refractivity contribution in [3.8, 4) is 0 Å². The van der Waals surface area contributed by atoms with Gasteiger partial charge < -0.3 is 14.2 Å². The molecule has 0 aromatic heterocycles. The Kier molecular flexibility index (Phi) is 5.69. The molecule has 130 valence electrons. The van der Waals surface area contributed by atoms with Crippen LogP contribution in [0, 0.1) is 0 Å². The van der Waals surface area contributed by atoms with Crippen molar-refractivity contribution < 1.29 is 19.0 Å². The van der Waals surface area contributed by atoms with Gasteiger partial charge in [0.15, 0.2) is 5.76 Å². The highest BCUT2D eigenvalue weighted by molar-refractivity contribution is 5.89. The molecule has 1 unspecified atom stereocenters. The number of esters is 1. The minimum atomic E-state index is -0.332. The van der Waals surface area contributed by atoms with E-state index < -0.39 is 0 Å². The molecule has 0 saturated heterocycles. The minimum Gasteiger partial charge on any atom is -0.466 e. The van der Waals surface area contributed by atoms with E-state index in [2.05, 4.69) is 23.5 Å². The molecular formula is C20H21NO4. The number of nitrogens with one attached hydrogen (secondary N) is 1. The lowest BCUT2D eigenvalue weighted by Gasteiger charge is -2.25. The summed E-state index contributed by atoms with van der Waals surface area (Å²) in [5, 5.41) is 3.51. The first-order valence-corrected chi connectivity index (χ1v) is 8.21. The summed E-state index contributed by atoms with van der Waals surface area (Å²) in [4.78, 5) is 11.5. The summed E-state index contributed by atoms with van der Waals surface area (Å²) in [6.07, 6.45) is 13.0. The van der Waals surface area contributed by atoms with Crippen LogP contribution in [-0.2, 0) is 20.8 Å². The number of benzene rings is 1. The molecule has 0 spiro atoms. The molecule has 1 atom stereocenters. The van der Waals surface area contributed by atoms with E-state index in [1.54, 1.807) is 18.4 Å². The Hall–Kier alpha value is -2.79. The van der Waals surface area contributed by atoms with Crippen molar-refractivity contribution in [2.24, 2.45) is 0 Å². The maximum atomic E-state index is 11.5. The van der Waals surface area contributed by atoms with E-state index in [9.17, 15) is 4.79 Å². The summed E-state index contributed by atoms with van der Waals surface area (Å²) in [7, 11) is 1.38. The summed E-state index contributed by atoms with van der Waals surface area (Å²) in [6, 6.07) is 7.30. The van der Waals surface area contributed by atoms with E-state index in [1.807, 2.05) is 12.1 Å². The van der Waals surface area contributed by atoms with Gasteiger partial charge in [-0.25, -0.2) is 4.79 Å². The van der Waals surface area contributed by atoms with Gasteiger partial charge >= 0.3 is 5.97 Å². The molecule has 1 N–H and O–H groups in total. The molecule has 25 heavy (non-hydrogen) atoms. The monoisotopic (exact) mass is 339 g/mol. The van der Waals surface area contributed by atoms with E-state index in [0.29, 0.717) is 12.1 Å². The standard InChI is InChI=1S/C20H21NO4/c1-23-20(22)17-9-7-15(8-10-17)13-21-19(16-5-3-2-4-6-16)18-14-24-11-12-25-18/h2-3,5,7-12,14,19,21H,4,6,13H2,1H3. The molecule has 1 aliphatic carbocycles. The second-order valence-electron chi connectivity index (χ2n) is 5.76. The number of hydrogen-bond acceptors (Lipinski definition) is 5. The van der Waals surface area contributed by atoms with Crippen LogP contribution in [0.4, 0.5) is 0 Å². The van der Waals surface area contributed by atoms with Crippen molar-refractivity contribution in [3.05, 3.63) is 83.7 Å². The fourth-order valence-electron chi connectivity index (χ4n) is 2.78. The van der Waals surface area contributed by atoms with Crippen LogP contribution >= 0.6 is 0 Å². The summed E-state index contributed by atoms with van der Waals surface area (Å²) >= 11 is 0. The van der Waals surface area contributed by atoms with Crippen molar-refractivity contribution in [3.63, 3.8) is 0 Å². The fourth-order valence-corrected chi connectivity index (χ4v) is 2.78. The average Bonchev–Trinajstić information content (AvgIpc) is 2.70. The Morgan fingerprint density at radius 3 is 2.76 bits per heavy atom. The van der Waals surface area contributed by atoms with Gasteiger partial charge in [0.05, 0.1) is 18.7 Å². The third-order valence-corrected chi connectivity index (χ3v) is 4.11. The summed E-state index contributed by atoms with van der Waals surface area (Å²) in [5.41, 5.74) is 2.86. The number of hydrogen-bond donors (Lipinski definition) is 1. The van der Waals surface area contributed by atoms with E-state index in [-0.39, 0.29) is 12.0 Å². The highest BCUT2D eigenvalue weighted by Crippen LogP contribution is 2.23. The molecule has 0 bridgehead atoms. The van der Waals surface area contributed by atoms with Crippen LogP contribution < -0.4 is 5.32 Å². The van der Waals surface area contributed by atoms with Gasteiger partial charge in [-0.15, -0.1) is 0 Å². The first-order valence-electron chi connectivity index (χ1n) is 8.21. The Balaban J connectivity index is 1.70. The maximum absolute atomic E-state index is 11.5. The lowest BCUT2D eigenvalue weighted by Crippen LogP contribution is -2.34. The van der Waals surface area contributed by atoms with Gasteiger partial charge in [0.1, 0.15) is 18.8 Å². The molecule has 5 nitrogen and oxygen atoms in total. The van der Waals surface area contributed by atoms with Crippen LogP contribution in [-0.4, -0.2) is 19.1 Å². The van der Waals surface area contributed by atoms with Crippen molar-refractivity contribution in [1.29, 1.82) is 0 Å². The predicted octanol–water partition coefficient (Wildman–Crippen LogP) is 3.57. The second-order valence-corrected chi connectivity index (χ2v) is 5.76. The lowest BCUT2D eigenvalue weighted by atomic mass is 9.96. The third-order valence-electron chi connectivity index (χ3n) is 4.11. The second kappa shape index (κ2) is 8.35. The van der Waals surface area contributed by atoms with Crippen molar-refractivity contribution in [2.75, 3.05) is 7.11 Å². The Morgan fingerprint density at radius 2 is 2.12 bits per heavy atom. The quantitative estimate of drug-likeness (QED) is 0.803. The van der Waals surface area contributed by atoms with E-state index >= 15 is 0 Å². The van der Waals surface area contributed by atoms with Gasteiger partial charge in [-0.1, -0.05) is 30.4 Å². The summed E-state index contributed by atoms with van der Waals surface area (Å²) in [6.45, 7) is 0.636. The molecule has 0 fully saturated rings. The van der Waals surface area contributed by atoms with Gasteiger partial charge in [-0.2, -0.15) is 0 Å². The molecule has 1 aromatic carbocycles. The zero-order valence-corrected chi connectivity index (χ0v) is 14.1. The Labute approximate surface area is 147 Å². The summed E-state index contributed by atoms with van der Waals surface area (Å²) in [5.74, 6) is 0.400. The molecule has 5 heteroatoms. The number of methoxy groups -OCH3 is 1. The van der Waals surface area contributed by atoms with Crippen LogP contribution in [0.15, 0.2) is 72.6 Å². The van der Waals surface area contributed by atoms with Gasteiger partial charge in [-0.05, 0) is 36.1 Å². The zero-order valence-electron chi connectivity index (χ0n) is 14.1. The zero-order chi connectivity index (χ0) is 17.5. The molecule has 0 radical (unpaired) electrons. The fraction of sp³-hybridized carbons (Fsp3) is 0.250. The van der Waals surface area contributed by atoms with E-state index in [0.717, 1.165) is 24.2 Å². The average molecular weight is 339 g/mol. The number of carbonyl (C=O) groups is 1. The van der Waals surface area contributed by atoms with E-state index in [1.165, 1.54) is 25.2 Å². The number of ether oxygens (including phenoxy) is 3. The van der Waals surface area contributed by atoms with Crippen LogP contribution in [0.2, 0.25) is 0 Å². The largest absolute Gasteiger partial charge is 0.466 e. The Bertz CT molecular complexity index is 729. The highest BCUT2D eigenvalue weighted by atomic mass is 16.5. The highest BCUT2D eigenvalue weighted by Gasteiger charge is 2.22. The topological polar surface area (TPSA) is 56.8 Å². The number of allylic oxidation sites excluding steroid dienone is 3. The third kappa shape index (κ3) is 4.39. The predicted molar refractivity (Wildman–Crippen MR) is 94.3 cm³/mol. The molecule has 3 rings (SSSR count). The van der Waals surface area contributed by atoms with Crippen molar-refractivity contribution in [2.45, 2.75) is 25.4 Å².